The molecule has 1 aromatic carbocycles. The number of nitrogens with zero attached hydrogens (tertiary/aromatic N) is 1. The van der Waals surface area contributed by atoms with E-state index in [2.05, 4.69) is 5.14 Å². The molecule has 0 aliphatic carbocycles. The van der Waals surface area contributed by atoms with Gasteiger partial charge in [-0.2, -0.15) is 8.78 Å². The van der Waals surface area contributed by atoms with E-state index in [0.29, 0.717) is 0 Å². The van der Waals surface area contributed by atoms with Crippen LogP contribution in [0.2, 0.25) is 0 Å². The molecular weight excluding hydrogens is 234 g/mol. The maximum atomic E-state index is 12.9. The summed E-state index contributed by atoms with van der Waals surface area (Å²) < 4.78 is 47.2. The van der Waals surface area contributed by atoms with E-state index in [4.69, 9.17) is 0 Å². The molecule has 0 unspecified atom stereocenters. The summed E-state index contributed by atoms with van der Waals surface area (Å²) in [6.45, 7) is 0. The molecule has 0 spiro atoms. The zero-order valence-corrected chi connectivity index (χ0v) is 7.79. The van der Waals surface area contributed by atoms with Crippen LogP contribution in [0.15, 0.2) is 17.0 Å². The van der Waals surface area contributed by atoms with Crippen LogP contribution in [0.3, 0.4) is 0 Å². The Morgan fingerprint density at radius 2 is 1.67 bits per heavy atom. The van der Waals surface area contributed by atoms with Gasteiger partial charge in [0.15, 0.2) is 0 Å². The van der Waals surface area contributed by atoms with Crippen molar-refractivity contribution in [1.82, 2.24) is 0 Å². The number of sulfonamides is 1. The Morgan fingerprint density at radius 3 is 1.93 bits per heavy atom. The molecule has 9 heteroatoms. The summed E-state index contributed by atoms with van der Waals surface area (Å²) in [4.78, 5) is 8.00. The van der Waals surface area contributed by atoms with E-state index in [9.17, 15) is 27.3 Å². The Hall–Kier alpha value is -1.61. The van der Waals surface area contributed by atoms with Crippen LogP contribution >= 0.6 is 0 Å². The predicted octanol–water partition coefficient (Wildman–Crippen LogP) is 0.520. The lowest BCUT2D eigenvalue weighted by Gasteiger charge is -2.00. The lowest BCUT2D eigenvalue weighted by atomic mass is 10.3. The summed E-state index contributed by atoms with van der Waals surface area (Å²) in [6, 6.07) is 0.576. The third-order valence-corrected chi connectivity index (χ3v) is 2.39. The minimum absolute atomic E-state index is 0.288. The minimum Gasteiger partial charge on any atom is -0.258 e. The lowest BCUT2D eigenvalue weighted by molar-refractivity contribution is -0.390. The van der Waals surface area contributed by atoms with Gasteiger partial charge in [0.05, 0.1) is 9.82 Å². The van der Waals surface area contributed by atoms with E-state index in [0.717, 1.165) is 0 Å². The average Bonchev–Trinajstić information content (AvgIpc) is 1.99. The van der Waals surface area contributed by atoms with Crippen molar-refractivity contribution in [2.45, 2.75) is 4.90 Å². The number of hydrogen-bond acceptors (Lipinski definition) is 4. The maximum absolute atomic E-state index is 12.9. The summed E-state index contributed by atoms with van der Waals surface area (Å²) in [7, 11) is -4.29. The first-order valence-electron chi connectivity index (χ1n) is 3.39. The molecule has 0 bridgehead atoms. The fraction of sp³-hybridized carbons (Fsp3) is 0. The van der Waals surface area contributed by atoms with Gasteiger partial charge in [0.2, 0.25) is 21.7 Å². The van der Waals surface area contributed by atoms with Gasteiger partial charge in [-0.3, -0.25) is 10.1 Å². The zero-order valence-electron chi connectivity index (χ0n) is 6.98. The third kappa shape index (κ3) is 2.25. The van der Waals surface area contributed by atoms with Crippen LogP contribution in [0, 0.1) is 21.7 Å². The van der Waals surface area contributed by atoms with Gasteiger partial charge in [-0.15, -0.1) is 0 Å². The molecule has 0 aliphatic rings. The van der Waals surface area contributed by atoms with Gasteiger partial charge in [-0.05, 0) is 0 Å². The molecule has 82 valence electrons. The van der Waals surface area contributed by atoms with Crippen LogP contribution in [0.1, 0.15) is 0 Å². The first kappa shape index (κ1) is 11.5. The van der Waals surface area contributed by atoms with Gasteiger partial charge in [-0.1, -0.05) is 0 Å². The lowest BCUT2D eigenvalue weighted by Crippen LogP contribution is -2.13. The molecule has 0 amide bonds. The molecular formula is C6H4F2N2O4S. The van der Waals surface area contributed by atoms with Crippen molar-refractivity contribution in [1.29, 1.82) is 0 Å². The number of nitrogens with two attached hydrogens (primary N) is 1. The first-order valence-corrected chi connectivity index (χ1v) is 4.94. The highest BCUT2D eigenvalue weighted by Gasteiger charge is 2.24. The van der Waals surface area contributed by atoms with Crippen molar-refractivity contribution < 1.29 is 22.1 Å². The van der Waals surface area contributed by atoms with Crippen molar-refractivity contribution in [3.05, 3.63) is 33.9 Å². The van der Waals surface area contributed by atoms with Gasteiger partial charge in [0.1, 0.15) is 0 Å². The number of benzene rings is 1. The Labute approximate surface area is 82.5 Å². The average molecular weight is 238 g/mol. The molecule has 0 atom stereocenters. The molecule has 0 heterocycles. The van der Waals surface area contributed by atoms with Gasteiger partial charge >= 0.3 is 5.69 Å². The minimum atomic E-state index is -4.29. The number of primary sulfonamides is 1. The molecule has 0 radical (unpaired) electrons. The molecule has 2 N–H and O–H groups in total. The van der Waals surface area contributed by atoms with Crippen LogP contribution in [0.25, 0.3) is 0 Å². The van der Waals surface area contributed by atoms with Crippen molar-refractivity contribution in [3.63, 3.8) is 0 Å². The van der Waals surface area contributed by atoms with Crippen LogP contribution in [-0.4, -0.2) is 13.3 Å². The normalized spacial score (nSPS) is 11.4. The number of hydrogen-bond donors (Lipinski definition) is 1. The smallest absolute Gasteiger partial charge is 0.258 e. The summed E-state index contributed by atoms with van der Waals surface area (Å²) in [5, 5.41) is 14.7. The molecule has 15 heavy (non-hydrogen) atoms. The summed E-state index contributed by atoms with van der Waals surface area (Å²) >= 11 is 0. The monoisotopic (exact) mass is 238 g/mol. The van der Waals surface area contributed by atoms with E-state index in [1.807, 2.05) is 0 Å². The Morgan fingerprint density at radius 1 is 1.27 bits per heavy atom. The Kier molecular flexibility index (Phi) is 2.69. The van der Waals surface area contributed by atoms with Gasteiger partial charge in [0, 0.05) is 12.1 Å². The zero-order chi connectivity index (χ0) is 11.8. The van der Waals surface area contributed by atoms with Crippen LogP contribution in [-0.2, 0) is 10.0 Å². The van der Waals surface area contributed by atoms with E-state index in [1.54, 1.807) is 0 Å². The van der Waals surface area contributed by atoms with E-state index in [-0.39, 0.29) is 12.1 Å². The summed E-state index contributed by atoms with van der Waals surface area (Å²) in [5.41, 5.74) is -1.41. The molecule has 0 aromatic heterocycles. The van der Waals surface area contributed by atoms with E-state index < -0.39 is 37.2 Å². The van der Waals surface area contributed by atoms with Crippen molar-refractivity contribution in [2.75, 3.05) is 0 Å². The Balaban J connectivity index is 3.52. The molecule has 0 saturated carbocycles. The quantitative estimate of drug-likeness (QED) is 0.599. The SMILES string of the molecule is NS(=O)(=O)c1cc(F)c([N+](=O)[O-])c(F)c1. The number of nitro groups is 1. The molecule has 0 aliphatic heterocycles. The third-order valence-electron chi connectivity index (χ3n) is 1.50. The number of rotatable bonds is 2. The second kappa shape index (κ2) is 3.51. The maximum Gasteiger partial charge on any atom is 0.340 e. The second-order valence-electron chi connectivity index (χ2n) is 2.54. The van der Waals surface area contributed by atoms with Gasteiger partial charge in [0.25, 0.3) is 0 Å². The molecule has 1 aromatic rings. The number of nitro benzene ring substituents is 1. The largest absolute Gasteiger partial charge is 0.340 e. The van der Waals surface area contributed by atoms with Crippen LogP contribution in [0.5, 0.6) is 0 Å². The second-order valence-corrected chi connectivity index (χ2v) is 4.10. The van der Waals surface area contributed by atoms with Gasteiger partial charge in [-0.25, -0.2) is 13.6 Å². The van der Waals surface area contributed by atoms with Crippen molar-refractivity contribution >= 4 is 15.7 Å². The molecule has 1 rings (SSSR count). The van der Waals surface area contributed by atoms with Crippen LogP contribution in [0.4, 0.5) is 14.5 Å². The standard InChI is InChI=1S/C6H4F2N2O4S/c7-4-1-3(15(9,13)14)2-5(8)6(4)10(11)12/h1-2H,(H2,9,13,14). The van der Waals surface area contributed by atoms with Gasteiger partial charge < -0.3 is 0 Å². The fourth-order valence-electron chi connectivity index (χ4n) is 0.881. The highest BCUT2D eigenvalue weighted by molar-refractivity contribution is 7.89. The highest BCUT2D eigenvalue weighted by Crippen LogP contribution is 2.24. The first-order chi connectivity index (χ1) is 6.73. The van der Waals surface area contributed by atoms with Crippen molar-refractivity contribution in [2.24, 2.45) is 5.14 Å². The predicted molar refractivity (Wildman–Crippen MR) is 44.4 cm³/mol. The highest BCUT2D eigenvalue weighted by atomic mass is 32.2. The number of halogens is 2. The fourth-order valence-corrected chi connectivity index (χ4v) is 1.42. The van der Waals surface area contributed by atoms with Crippen molar-refractivity contribution in [3.8, 4) is 0 Å². The Bertz CT molecular complexity index is 505. The van der Waals surface area contributed by atoms with E-state index >= 15 is 0 Å². The summed E-state index contributed by atoms with van der Waals surface area (Å²) in [5.74, 6) is -3.19. The summed E-state index contributed by atoms with van der Waals surface area (Å²) in [6.07, 6.45) is 0. The van der Waals surface area contributed by atoms with Crippen LogP contribution < -0.4 is 5.14 Å². The molecule has 0 fully saturated rings. The molecule has 6 nitrogen and oxygen atoms in total. The van der Waals surface area contributed by atoms with E-state index in [1.165, 1.54) is 0 Å². The molecule has 0 saturated heterocycles. The topological polar surface area (TPSA) is 103 Å².